The highest BCUT2D eigenvalue weighted by Crippen LogP contribution is 2.44. The number of rotatable bonds is 5. The lowest BCUT2D eigenvalue weighted by Gasteiger charge is -2.39. The van der Waals surface area contributed by atoms with Crippen molar-refractivity contribution < 1.29 is 4.79 Å². The largest absolute Gasteiger partial charge is 0.369 e. The monoisotopic (exact) mass is 431 g/mol. The summed E-state index contributed by atoms with van der Waals surface area (Å²) in [6.07, 6.45) is 6.93. The lowest BCUT2D eigenvalue weighted by molar-refractivity contribution is -0.133. The second-order valence-electron chi connectivity index (χ2n) is 9.92. The van der Waals surface area contributed by atoms with Crippen LogP contribution in [-0.4, -0.2) is 61.5 Å². The molecule has 0 radical (unpaired) electrons. The Morgan fingerprint density at radius 1 is 0.938 bits per heavy atom. The van der Waals surface area contributed by atoms with Crippen LogP contribution in [0.2, 0.25) is 0 Å². The molecular formula is C28H37N3O. The van der Waals surface area contributed by atoms with Crippen molar-refractivity contribution in [2.45, 2.75) is 56.4 Å². The molecule has 2 saturated heterocycles. The average molecular weight is 432 g/mol. The Hall–Kier alpha value is -2.33. The Labute approximate surface area is 193 Å². The summed E-state index contributed by atoms with van der Waals surface area (Å²) in [5.74, 6) is 0.972. The van der Waals surface area contributed by atoms with Crippen molar-refractivity contribution in [3.8, 4) is 0 Å². The maximum atomic E-state index is 13.6. The van der Waals surface area contributed by atoms with Gasteiger partial charge >= 0.3 is 0 Å². The maximum absolute atomic E-state index is 13.6. The van der Waals surface area contributed by atoms with Crippen LogP contribution in [0.25, 0.3) is 0 Å². The minimum Gasteiger partial charge on any atom is -0.369 e. The molecular weight excluding hydrogens is 394 g/mol. The van der Waals surface area contributed by atoms with Gasteiger partial charge in [0, 0.05) is 44.3 Å². The number of carbonyl (C=O) groups is 1. The van der Waals surface area contributed by atoms with E-state index in [1.807, 2.05) is 0 Å². The van der Waals surface area contributed by atoms with Crippen LogP contribution in [-0.2, 0) is 4.79 Å². The summed E-state index contributed by atoms with van der Waals surface area (Å²) in [6.45, 7) is 5.07. The number of hydrogen-bond acceptors (Lipinski definition) is 3. The third kappa shape index (κ3) is 4.30. The Kier molecular flexibility index (Phi) is 6.49. The molecule has 2 fully saturated rings. The topological polar surface area (TPSA) is 26.8 Å². The van der Waals surface area contributed by atoms with Crippen molar-refractivity contribution >= 4 is 11.6 Å². The lowest BCUT2D eigenvalue weighted by atomic mass is 9.87. The number of para-hydroxylation sites is 1. The van der Waals surface area contributed by atoms with Gasteiger partial charge < -0.3 is 14.7 Å². The van der Waals surface area contributed by atoms with Gasteiger partial charge in [0.25, 0.3) is 0 Å². The van der Waals surface area contributed by atoms with Crippen LogP contribution < -0.4 is 4.90 Å². The molecule has 0 aliphatic carbocycles. The minimum atomic E-state index is -0.0227. The van der Waals surface area contributed by atoms with E-state index in [0.717, 1.165) is 52.0 Å². The van der Waals surface area contributed by atoms with Gasteiger partial charge in [-0.25, -0.2) is 0 Å². The van der Waals surface area contributed by atoms with Gasteiger partial charge in [-0.3, -0.25) is 4.79 Å². The highest BCUT2D eigenvalue weighted by Gasteiger charge is 2.40. The fourth-order valence-corrected chi connectivity index (χ4v) is 6.20. The van der Waals surface area contributed by atoms with E-state index in [0.29, 0.717) is 17.9 Å². The summed E-state index contributed by atoms with van der Waals surface area (Å²) in [5, 5.41) is 0. The molecule has 32 heavy (non-hydrogen) atoms. The van der Waals surface area contributed by atoms with Crippen LogP contribution in [0.4, 0.5) is 5.69 Å². The zero-order valence-electron chi connectivity index (χ0n) is 19.5. The second-order valence-corrected chi connectivity index (χ2v) is 9.92. The number of piperidine rings is 1. The summed E-state index contributed by atoms with van der Waals surface area (Å²) in [5.41, 5.74) is 4.11. The number of hydrogen-bond donors (Lipinski definition) is 0. The average Bonchev–Trinajstić information content (AvgIpc) is 3.00. The zero-order chi connectivity index (χ0) is 21.9. The first-order chi connectivity index (χ1) is 15.7. The summed E-state index contributed by atoms with van der Waals surface area (Å²) in [7, 11) is 2.25. The predicted molar refractivity (Wildman–Crippen MR) is 131 cm³/mol. The molecule has 0 saturated carbocycles. The standard InChI is InChI=1S/C28H37N3O/c1-29-26-14-8-7-13-24(26)25-16-20-30(21-27(25)29)19-15-23(22-11-5-4-6-12-22)28(32)31-17-9-2-3-10-18-31/h4-8,11-14,23,25,27H,2-3,9-10,15-21H2,1H3/t23?,25-,27-/m1/s1. The van der Waals surface area contributed by atoms with Gasteiger partial charge in [-0.05, 0) is 56.0 Å². The first-order valence-electron chi connectivity index (χ1n) is 12.6. The first-order valence-corrected chi connectivity index (χ1v) is 12.6. The van der Waals surface area contributed by atoms with E-state index in [2.05, 4.69) is 76.3 Å². The van der Waals surface area contributed by atoms with Crippen LogP contribution in [0.3, 0.4) is 0 Å². The molecule has 5 rings (SSSR count). The molecule has 4 nitrogen and oxygen atoms in total. The number of benzene rings is 2. The van der Waals surface area contributed by atoms with E-state index in [4.69, 9.17) is 0 Å². The van der Waals surface area contributed by atoms with Crippen LogP contribution in [0.1, 0.15) is 61.5 Å². The summed E-state index contributed by atoms with van der Waals surface area (Å²) < 4.78 is 0. The van der Waals surface area contributed by atoms with Gasteiger partial charge in [0.2, 0.25) is 5.91 Å². The van der Waals surface area contributed by atoms with Crippen molar-refractivity contribution in [2.75, 3.05) is 44.7 Å². The van der Waals surface area contributed by atoms with Gasteiger partial charge in [-0.15, -0.1) is 0 Å². The number of likely N-dealkylation sites (tertiary alicyclic amines) is 2. The number of amides is 1. The SMILES string of the molecule is CN1c2ccccc2[C@H]2CCN(CCC(C(=O)N3CCCCCC3)c3ccccc3)C[C@H]21. The Morgan fingerprint density at radius 3 is 2.44 bits per heavy atom. The number of fused-ring (bicyclic) bond motifs is 3. The lowest BCUT2D eigenvalue weighted by Crippen LogP contribution is -2.48. The second kappa shape index (κ2) is 9.66. The molecule has 0 spiro atoms. The molecule has 0 aromatic heterocycles. The molecule has 3 atom stereocenters. The number of nitrogens with zero attached hydrogens (tertiary/aromatic N) is 3. The Morgan fingerprint density at radius 2 is 1.66 bits per heavy atom. The fraction of sp³-hybridized carbons (Fsp3) is 0.536. The van der Waals surface area contributed by atoms with Gasteiger partial charge in [0.15, 0.2) is 0 Å². The van der Waals surface area contributed by atoms with Crippen molar-refractivity contribution in [3.05, 3.63) is 65.7 Å². The highest BCUT2D eigenvalue weighted by atomic mass is 16.2. The smallest absolute Gasteiger partial charge is 0.230 e. The molecule has 4 heteroatoms. The molecule has 2 aromatic carbocycles. The van der Waals surface area contributed by atoms with Crippen LogP contribution in [0, 0.1) is 0 Å². The zero-order valence-corrected chi connectivity index (χ0v) is 19.5. The quantitative estimate of drug-likeness (QED) is 0.676. The van der Waals surface area contributed by atoms with Gasteiger partial charge in [0.1, 0.15) is 0 Å². The first kappa shape index (κ1) is 21.5. The third-order valence-electron chi connectivity index (χ3n) is 8.03. The molecule has 3 aliphatic rings. The molecule has 170 valence electrons. The van der Waals surface area contributed by atoms with Crippen LogP contribution in [0.15, 0.2) is 54.6 Å². The summed E-state index contributed by atoms with van der Waals surface area (Å²) >= 11 is 0. The molecule has 0 N–H and O–H groups in total. The van der Waals surface area contributed by atoms with Gasteiger partial charge in [-0.2, -0.15) is 0 Å². The van der Waals surface area contributed by atoms with E-state index in [9.17, 15) is 4.79 Å². The fourth-order valence-electron chi connectivity index (χ4n) is 6.20. The number of carbonyl (C=O) groups excluding carboxylic acids is 1. The minimum absolute atomic E-state index is 0.0227. The molecule has 2 aromatic rings. The molecule has 3 aliphatic heterocycles. The van der Waals surface area contributed by atoms with Crippen molar-refractivity contribution in [1.82, 2.24) is 9.80 Å². The molecule has 0 bridgehead atoms. The summed E-state index contributed by atoms with van der Waals surface area (Å²) in [6, 6.07) is 20.0. The molecule has 1 unspecified atom stereocenters. The van der Waals surface area contributed by atoms with Crippen LogP contribution in [0.5, 0.6) is 0 Å². The van der Waals surface area contributed by atoms with Crippen molar-refractivity contribution in [1.29, 1.82) is 0 Å². The van der Waals surface area contributed by atoms with Gasteiger partial charge in [-0.1, -0.05) is 61.4 Å². The Bertz CT molecular complexity index is 906. The van der Waals surface area contributed by atoms with Gasteiger partial charge in [0.05, 0.1) is 5.92 Å². The van der Waals surface area contributed by atoms with Crippen molar-refractivity contribution in [2.24, 2.45) is 0 Å². The molecule has 3 heterocycles. The maximum Gasteiger partial charge on any atom is 0.230 e. The van der Waals surface area contributed by atoms with E-state index in [1.165, 1.54) is 36.1 Å². The normalized spacial score (nSPS) is 24.5. The van der Waals surface area contributed by atoms with E-state index in [1.54, 1.807) is 0 Å². The van der Waals surface area contributed by atoms with E-state index in [-0.39, 0.29) is 5.92 Å². The Balaban J connectivity index is 1.26. The van der Waals surface area contributed by atoms with E-state index < -0.39 is 0 Å². The van der Waals surface area contributed by atoms with Crippen LogP contribution >= 0.6 is 0 Å². The van der Waals surface area contributed by atoms with E-state index >= 15 is 0 Å². The predicted octanol–water partition coefficient (Wildman–Crippen LogP) is 4.87. The van der Waals surface area contributed by atoms with Crippen molar-refractivity contribution in [3.63, 3.8) is 0 Å². The highest BCUT2D eigenvalue weighted by molar-refractivity contribution is 5.83. The third-order valence-corrected chi connectivity index (χ3v) is 8.03. The summed E-state index contributed by atoms with van der Waals surface area (Å²) in [4.78, 5) is 20.9. The number of anilines is 1. The number of likely N-dealkylation sites (N-methyl/N-ethyl adjacent to an activating group) is 1. The molecule has 1 amide bonds.